The molecule has 7 heteroatoms. The van der Waals surface area contributed by atoms with Crippen LogP contribution in [0.4, 0.5) is 0 Å². The van der Waals surface area contributed by atoms with E-state index in [1.165, 1.54) is 0 Å². The van der Waals surface area contributed by atoms with E-state index in [4.69, 9.17) is 13.7 Å². The van der Waals surface area contributed by atoms with Gasteiger partial charge in [-0.3, -0.25) is 4.18 Å². The Hall–Kier alpha value is -1.77. The number of hydrogen-bond acceptors (Lipinski definition) is 6. The minimum absolute atomic E-state index is 0.00224. The van der Waals surface area contributed by atoms with E-state index in [9.17, 15) is 13.5 Å². The summed E-state index contributed by atoms with van der Waals surface area (Å²) in [6.07, 6.45) is -2.12. The van der Waals surface area contributed by atoms with Crippen molar-refractivity contribution in [1.82, 2.24) is 0 Å². The van der Waals surface area contributed by atoms with Crippen LogP contribution in [-0.4, -0.2) is 44.7 Å². The second-order valence-electron chi connectivity index (χ2n) is 6.77. The Morgan fingerprint density at radius 3 is 2.44 bits per heavy atom. The third-order valence-electron chi connectivity index (χ3n) is 4.37. The standard InChI is InChI=1S/C20H24O6S/c1-14-8-10-15(11-9-14)12-17(21)19-18(26-27(2,22)23)13-24-20(25-19)16-6-4-3-5-7-16/h3-11,17-21H,12-13H2,1-2H3/t17-,18?,19?,20?/m1/s1. The highest BCUT2D eigenvalue weighted by Crippen LogP contribution is 2.30. The predicted octanol–water partition coefficient (Wildman–Crippen LogP) is 2.36. The Kier molecular flexibility index (Phi) is 6.29. The summed E-state index contributed by atoms with van der Waals surface area (Å²) in [7, 11) is -3.72. The molecule has 146 valence electrons. The van der Waals surface area contributed by atoms with E-state index in [2.05, 4.69) is 0 Å². The molecule has 1 heterocycles. The number of aryl methyl sites for hydroxylation is 1. The lowest BCUT2D eigenvalue weighted by Crippen LogP contribution is -2.50. The van der Waals surface area contributed by atoms with E-state index >= 15 is 0 Å². The molecule has 27 heavy (non-hydrogen) atoms. The van der Waals surface area contributed by atoms with Crippen molar-refractivity contribution in [3.05, 3.63) is 71.3 Å². The fourth-order valence-electron chi connectivity index (χ4n) is 3.06. The van der Waals surface area contributed by atoms with Crippen molar-refractivity contribution in [3.8, 4) is 0 Å². The molecule has 0 radical (unpaired) electrons. The molecule has 0 bridgehead atoms. The highest BCUT2D eigenvalue weighted by atomic mass is 32.2. The highest BCUT2D eigenvalue weighted by molar-refractivity contribution is 7.86. The molecule has 0 amide bonds. The smallest absolute Gasteiger partial charge is 0.264 e. The van der Waals surface area contributed by atoms with Gasteiger partial charge in [-0.25, -0.2) is 0 Å². The third kappa shape index (κ3) is 5.60. The minimum Gasteiger partial charge on any atom is -0.390 e. The van der Waals surface area contributed by atoms with Gasteiger partial charge >= 0.3 is 0 Å². The first-order valence-electron chi connectivity index (χ1n) is 8.76. The topological polar surface area (TPSA) is 82.1 Å². The first-order valence-corrected chi connectivity index (χ1v) is 10.6. The van der Waals surface area contributed by atoms with Gasteiger partial charge in [-0.1, -0.05) is 60.2 Å². The lowest BCUT2D eigenvalue weighted by atomic mass is 9.99. The van der Waals surface area contributed by atoms with Crippen LogP contribution in [0.1, 0.15) is 23.0 Å². The van der Waals surface area contributed by atoms with Gasteiger partial charge in [0, 0.05) is 12.0 Å². The van der Waals surface area contributed by atoms with E-state index in [0.29, 0.717) is 6.42 Å². The zero-order valence-corrected chi connectivity index (χ0v) is 16.1. The second kappa shape index (κ2) is 8.50. The third-order valence-corrected chi connectivity index (χ3v) is 4.97. The molecule has 1 aliphatic heterocycles. The fourth-order valence-corrected chi connectivity index (χ4v) is 3.67. The summed E-state index contributed by atoms with van der Waals surface area (Å²) in [6, 6.07) is 17.1. The number of aliphatic hydroxyl groups excluding tert-OH is 1. The fraction of sp³-hybridized carbons (Fsp3) is 0.400. The Labute approximate surface area is 159 Å². The molecule has 4 atom stereocenters. The van der Waals surface area contributed by atoms with Gasteiger partial charge < -0.3 is 14.6 Å². The summed E-state index contributed by atoms with van der Waals surface area (Å²) in [6.45, 7) is 1.99. The normalized spacial score (nSPS) is 24.5. The van der Waals surface area contributed by atoms with Crippen LogP contribution >= 0.6 is 0 Å². The number of rotatable bonds is 6. The van der Waals surface area contributed by atoms with Crippen molar-refractivity contribution >= 4 is 10.1 Å². The molecular formula is C20H24O6S. The lowest BCUT2D eigenvalue weighted by molar-refractivity contribution is -0.269. The van der Waals surface area contributed by atoms with Gasteiger partial charge in [-0.05, 0) is 12.5 Å². The molecule has 1 aliphatic rings. The largest absolute Gasteiger partial charge is 0.390 e. The van der Waals surface area contributed by atoms with Crippen LogP contribution in [0.5, 0.6) is 0 Å². The maximum atomic E-state index is 11.6. The Bertz CT molecular complexity index is 835. The van der Waals surface area contributed by atoms with Crippen molar-refractivity contribution in [3.63, 3.8) is 0 Å². The van der Waals surface area contributed by atoms with Gasteiger partial charge in [0.05, 0.1) is 19.0 Å². The summed E-state index contributed by atoms with van der Waals surface area (Å²) in [4.78, 5) is 0. The molecule has 0 spiro atoms. The van der Waals surface area contributed by atoms with Gasteiger partial charge in [0.25, 0.3) is 10.1 Å². The van der Waals surface area contributed by atoms with E-state index in [0.717, 1.165) is 22.9 Å². The second-order valence-corrected chi connectivity index (χ2v) is 8.37. The van der Waals surface area contributed by atoms with E-state index in [1.807, 2.05) is 61.5 Å². The molecule has 3 unspecified atom stereocenters. The van der Waals surface area contributed by atoms with Crippen molar-refractivity contribution in [1.29, 1.82) is 0 Å². The van der Waals surface area contributed by atoms with Crippen molar-refractivity contribution in [2.45, 2.75) is 37.9 Å². The monoisotopic (exact) mass is 392 g/mol. The Morgan fingerprint density at radius 2 is 1.81 bits per heavy atom. The van der Waals surface area contributed by atoms with E-state index < -0.39 is 34.7 Å². The highest BCUT2D eigenvalue weighted by Gasteiger charge is 2.39. The van der Waals surface area contributed by atoms with Crippen LogP contribution in [0.3, 0.4) is 0 Å². The molecule has 1 fully saturated rings. The van der Waals surface area contributed by atoms with E-state index in [-0.39, 0.29) is 6.61 Å². The van der Waals surface area contributed by atoms with Gasteiger partial charge in [0.2, 0.25) is 0 Å². The molecule has 0 saturated carbocycles. The zero-order valence-electron chi connectivity index (χ0n) is 15.3. The SMILES string of the molecule is Cc1ccc(C[C@@H](O)C2OC(c3ccccc3)OCC2OS(C)(=O)=O)cc1. The Morgan fingerprint density at radius 1 is 1.15 bits per heavy atom. The predicted molar refractivity (Wildman–Crippen MR) is 101 cm³/mol. The lowest BCUT2D eigenvalue weighted by Gasteiger charge is -2.38. The first kappa shape index (κ1) is 20.0. The first-order chi connectivity index (χ1) is 12.8. The van der Waals surface area contributed by atoms with Crippen LogP contribution < -0.4 is 0 Å². The van der Waals surface area contributed by atoms with Crippen molar-refractivity contribution in [2.75, 3.05) is 12.9 Å². The molecule has 2 aromatic carbocycles. The quantitative estimate of drug-likeness (QED) is 0.760. The molecule has 6 nitrogen and oxygen atoms in total. The number of hydrogen-bond donors (Lipinski definition) is 1. The Balaban J connectivity index is 1.78. The van der Waals surface area contributed by atoms with Crippen LogP contribution in [0, 0.1) is 6.92 Å². The number of benzene rings is 2. The summed E-state index contributed by atoms with van der Waals surface area (Å²) in [5.41, 5.74) is 2.85. The van der Waals surface area contributed by atoms with Gasteiger partial charge in [0.15, 0.2) is 6.29 Å². The average molecular weight is 392 g/mol. The summed E-state index contributed by atoms with van der Waals surface area (Å²) < 4.78 is 39.9. The van der Waals surface area contributed by atoms with Crippen LogP contribution in [0.25, 0.3) is 0 Å². The zero-order chi connectivity index (χ0) is 19.4. The number of aliphatic hydroxyl groups is 1. The number of ether oxygens (including phenoxy) is 2. The molecule has 3 rings (SSSR count). The summed E-state index contributed by atoms with van der Waals surface area (Å²) in [5, 5.41) is 10.8. The summed E-state index contributed by atoms with van der Waals surface area (Å²) >= 11 is 0. The van der Waals surface area contributed by atoms with Crippen LogP contribution in [-0.2, 0) is 30.2 Å². The molecule has 0 aliphatic carbocycles. The summed E-state index contributed by atoms with van der Waals surface area (Å²) in [5.74, 6) is 0. The van der Waals surface area contributed by atoms with E-state index in [1.54, 1.807) is 0 Å². The molecule has 0 aromatic heterocycles. The molecule has 1 saturated heterocycles. The molecular weight excluding hydrogens is 368 g/mol. The van der Waals surface area contributed by atoms with Crippen molar-refractivity contribution in [2.24, 2.45) is 0 Å². The molecule has 1 N–H and O–H groups in total. The maximum Gasteiger partial charge on any atom is 0.264 e. The molecule has 2 aromatic rings. The van der Waals surface area contributed by atoms with Crippen LogP contribution in [0.15, 0.2) is 54.6 Å². The maximum absolute atomic E-state index is 11.6. The van der Waals surface area contributed by atoms with Crippen molar-refractivity contribution < 1.29 is 27.2 Å². The van der Waals surface area contributed by atoms with Gasteiger partial charge in [-0.2, -0.15) is 8.42 Å². The average Bonchev–Trinajstić information content (AvgIpc) is 2.63. The van der Waals surface area contributed by atoms with Gasteiger partial charge in [-0.15, -0.1) is 0 Å². The minimum atomic E-state index is -3.72. The van der Waals surface area contributed by atoms with Gasteiger partial charge in [0.1, 0.15) is 12.2 Å². The van der Waals surface area contributed by atoms with Crippen LogP contribution in [0.2, 0.25) is 0 Å².